The highest BCUT2D eigenvalue weighted by Crippen LogP contribution is 2.39. The molecule has 1 fully saturated rings. The smallest absolute Gasteiger partial charge is 0.322 e. The molecule has 0 radical (unpaired) electrons. The minimum Gasteiger partial charge on any atom is -0.485 e. The molecule has 0 bridgehead atoms. The minimum absolute atomic E-state index is 0.0564. The van der Waals surface area contributed by atoms with Gasteiger partial charge in [-0.1, -0.05) is 12.1 Å². The molecule has 0 amide bonds. The van der Waals surface area contributed by atoms with E-state index in [1.54, 1.807) is 24.3 Å². The van der Waals surface area contributed by atoms with Crippen molar-refractivity contribution in [2.45, 2.75) is 18.4 Å². The Bertz CT molecular complexity index is 759. The highest BCUT2D eigenvalue weighted by molar-refractivity contribution is 7.89. The van der Waals surface area contributed by atoms with Crippen LogP contribution in [0.15, 0.2) is 24.3 Å². The van der Waals surface area contributed by atoms with E-state index in [0.29, 0.717) is 17.7 Å². The monoisotopic (exact) mass is 339 g/mol. The zero-order valence-corrected chi connectivity index (χ0v) is 13.5. The molecule has 1 saturated heterocycles. The van der Waals surface area contributed by atoms with E-state index in [9.17, 15) is 18.0 Å². The molecule has 1 unspecified atom stereocenters. The Labute approximate surface area is 134 Å². The van der Waals surface area contributed by atoms with Crippen LogP contribution in [0, 0.1) is 0 Å². The van der Waals surface area contributed by atoms with Gasteiger partial charge >= 0.3 is 5.97 Å². The number of hydrogen-bond donors (Lipinski definition) is 0. The second-order valence-corrected chi connectivity index (χ2v) is 7.77. The maximum atomic E-state index is 12.3. The molecule has 1 aromatic carbocycles. The van der Waals surface area contributed by atoms with Gasteiger partial charge in [-0.25, -0.2) is 8.42 Å². The summed E-state index contributed by atoms with van der Waals surface area (Å²) >= 11 is 0. The lowest BCUT2D eigenvalue weighted by Crippen LogP contribution is -2.46. The molecule has 1 aromatic rings. The number of rotatable bonds is 3. The first-order valence-electron chi connectivity index (χ1n) is 7.21. The summed E-state index contributed by atoms with van der Waals surface area (Å²) < 4.78 is 36.1. The fourth-order valence-corrected chi connectivity index (χ4v) is 4.42. The third kappa shape index (κ3) is 2.96. The number of ketones is 1. The van der Waals surface area contributed by atoms with Gasteiger partial charge in [0.25, 0.3) is 0 Å². The van der Waals surface area contributed by atoms with Crippen LogP contribution in [0.3, 0.4) is 0 Å². The van der Waals surface area contributed by atoms with Crippen LogP contribution in [0.5, 0.6) is 5.75 Å². The van der Waals surface area contributed by atoms with Gasteiger partial charge in [-0.3, -0.25) is 9.59 Å². The normalized spacial score (nSPS) is 24.3. The number of esters is 1. The average molecular weight is 339 g/mol. The molecule has 2 heterocycles. The highest BCUT2D eigenvalue weighted by atomic mass is 32.2. The molecule has 3 rings (SSSR count). The van der Waals surface area contributed by atoms with E-state index < -0.39 is 27.3 Å². The number of carbonyl (C=O) groups is 2. The van der Waals surface area contributed by atoms with Gasteiger partial charge in [-0.05, 0) is 12.1 Å². The first kappa shape index (κ1) is 15.9. The van der Waals surface area contributed by atoms with Gasteiger partial charge in [0.15, 0.2) is 11.5 Å². The van der Waals surface area contributed by atoms with E-state index >= 15 is 0 Å². The Hall–Kier alpha value is -1.93. The molecule has 1 atom stereocenters. The summed E-state index contributed by atoms with van der Waals surface area (Å²) in [4.78, 5) is 23.6. The number of carbonyl (C=O) groups excluding carboxylic acids is 2. The molecule has 1 spiro atoms. The van der Waals surface area contributed by atoms with Crippen LogP contribution < -0.4 is 4.74 Å². The average Bonchev–Trinajstić information content (AvgIpc) is 2.91. The highest BCUT2D eigenvalue weighted by Gasteiger charge is 2.48. The fourth-order valence-electron chi connectivity index (χ4n) is 3.02. The van der Waals surface area contributed by atoms with E-state index in [4.69, 9.17) is 4.74 Å². The second kappa shape index (κ2) is 5.61. The lowest BCUT2D eigenvalue weighted by Gasteiger charge is -2.34. The summed E-state index contributed by atoms with van der Waals surface area (Å²) in [6.07, 6.45) is 0.543. The van der Waals surface area contributed by atoms with Crippen LogP contribution in [0.1, 0.15) is 23.2 Å². The van der Waals surface area contributed by atoms with E-state index in [1.165, 1.54) is 4.31 Å². The van der Waals surface area contributed by atoms with Gasteiger partial charge in [0.05, 0.1) is 25.6 Å². The Morgan fingerprint density at radius 3 is 2.87 bits per heavy atom. The number of nitrogens with zero attached hydrogens (tertiary/aromatic N) is 1. The van der Waals surface area contributed by atoms with Crippen molar-refractivity contribution in [1.29, 1.82) is 0 Å². The fraction of sp³-hybridized carbons (Fsp3) is 0.467. The molecular weight excluding hydrogens is 322 g/mol. The van der Waals surface area contributed by atoms with Gasteiger partial charge < -0.3 is 9.47 Å². The van der Waals surface area contributed by atoms with Crippen LogP contribution in [0.4, 0.5) is 0 Å². The van der Waals surface area contributed by atoms with Gasteiger partial charge in [0, 0.05) is 13.0 Å². The molecule has 23 heavy (non-hydrogen) atoms. The Morgan fingerprint density at radius 1 is 1.39 bits per heavy atom. The molecule has 0 aliphatic carbocycles. The molecule has 0 N–H and O–H groups in total. The molecular formula is C15H17NO6S. The lowest BCUT2D eigenvalue weighted by molar-refractivity contribution is -0.137. The lowest BCUT2D eigenvalue weighted by atomic mass is 9.89. The molecule has 2 aliphatic heterocycles. The number of ether oxygens (including phenoxy) is 2. The van der Waals surface area contributed by atoms with Gasteiger partial charge in [0.1, 0.15) is 11.4 Å². The maximum absolute atomic E-state index is 12.3. The van der Waals surface area contributed by atoms with Crippen LogP contribution in [0.25, 0.3) is 0 Å². The third-order valence-corrected chi connectivity index (χ3v) is 5.90. The van der Waals surface area contributed by atoms with Crippen molar-refractivity contribution in [3.8, 4) is 5.75 Å². The third-order valence-electron chi connectivity index (χ3n) is 4.20. The second-order valence-electron chi connectivity index (χ2n) is 5.80. The number of fused-ring (bicyclic) bond motifs is 1. The number of benzene rings is 1. The Balaban J connectivity index is 1.80. The van der Waals surface area contributed by atoms with Crippen LogP contribution in [0.2, 0.25) is 0 Å². The van der Waals surface area contributed by atoms with E-state index in [1.807, 2.05) is 0 Å². The number of sulfonamides is 1. The first-order chi connectivity index (χ1) is 10.9. The van der Waals surface area contributed by atoms with Crippen molar-refractivity contribution in [3.63, 3.8) is 0 Å². The Kier molecular flexibility index (Phi) is 3.89. The number of hydrogen-bond acceptors (Lipinski definition) is 6. The summed E-state index contributed by atoms with van der Waals surface area (Å²) in [6.45, 7) is 0.279. The van der Waals surface area contributed by atoms with Crippen molar-refractivity contribution in [1.82, 2.24) is 4.31 Å². The van der Waals surface area contributed by atoms with Crippen molar-refractivity contribution in [3.05, 3.63) is 29.8 Å². The van der Waals surface area contributed by atoms with Gasteiger partial charge in [-0.2, -0.15) is 4.31 Å². The van der Waals surface area contributed by atoms with E-state index in [0.717, 1.165) is 7.11 Å². The molecule has 8 heteroatoms. The SMILES string of the molecule is COC(=O)CS(=O)(=O)N1CCC2(CC(=O)c3ccccc3O2)C1. The Morgan fingerprint density at radius 2 is 2.13 bits per heavy atom. The molecule has 124 valence electrons. The largest absolute Gasteiger partial charge is 0.485 e. The van der Waals surface area contributed by atoms with Crippen molar-refractivity contribution < 1.29 is 27.5 Å². The maximum Gasteiger partial charge on any atom is 0.322 e. The minimum atomic E-state index is -3.77. The number of methoxy groups -OCH3 is 1. The molecule has 0 aromatic heterocycles. The predicted molar refractivity (Wildman–Crippen MR) is 80.7 cm³/mol. The zero-order chi connectivity index (χ0) is 16.7. The number of para-hydroxylation sites is 1. The van der Waals surface area contributed by atoms with Gasteiger partial charge in [0.2, 0.25) is 10.0 Å². The summed E-state index contributed by atoms with van der Waals surface area (Å²) in [5, 5.41) is 0. The van der Waals surface area contributed by atoms with Crippen LogP contribution in [-0.2, 0) is 19.6 Å². The molecule has 2 aliphatic rings. The first-order valence-corrected chi connectivity index (χ1v) is 8.82. The van der Waals surface area contributed by atoms with E-state index in [-0.39, 0.29) is 25.3 Å². The molecule has 7 nitrogen and oxygen atoms in total. The van der Waals surface area contributed by atoms with Crippen LogP contribution in [-0.4, -0.2) is 56.0 Å². The zero-order valence-electron chi connectivity index (χ0n) is 12.6. The summed E-state index contributed by atoms with van der Waals surface area (Å²) in [7, 11) is -2.63. The quantitative estimate of drug-likeness (QED) is 0.749. The molecule has 0 saturated carbocycles. The van der Waals surface area contributed by atoms with Crippen molar-refractivity contribution in [2.75, 3.05) is 26.0 Å². The number of Topliss-reactive ketones (excluding diaryl/α,β-unsaturated/α-hetero) is 1. The van der Waals surface area contributed by atoms with Crippen LogP contribution >= 0.6 is 0 Å². The van der Waals surface area contributed by atoms with Gasteiger partial charge in [-0.15, -0.1) is 0 Å². The van der Waals surface area contributed by atoms with Crippen molar-refractivity contribution >= 4 is 21.8 Å². The standard InChI is InChI=1S/C15H17NO6S/c1-21-14(18)9-23(19,20)16-7-6-15(10-16)8-12(17)11-4-2-3-5-13(11)22-15/h2-5H,6-10H2,1H3. The van der Waals surface area contributed by atoms with E-state index in [2.05, 4.69) is 4.74 Å². The topological polar surface area (TPSA) is 90.0 Å². The summed E-state index contributed by atoms with van der Waals surface area (Å²) in [6, 6.07) is 6.94. The predicted octanol–water partition coefficient (Wildman–Crippen LogP) is 0.599. The summed E-state index contributed by atoms with van der Waals surface area (Å²) in [5.41, 5.74) is -0.330. The summed E-state index contributed by atoms with van der Waals surface area (Å²) in [5.74, 6) is -1.09. The van der Waals surface area contributed by atoms with Crippen molar-refractivity contribution in [2.24, 2.45) is 0 Å².